The highest BCUT2D eigenvalue weighted by atomic mass is 16.5. The lowest BCUT2D eigenvalue weighted by Crippen LogP contribution is -2.41. The van der Waals surface area contributed by atoms with Crippen LogP contribution < -0.4 is 10.1 Å². The fourth-order valence-corrected chi connectivity index (χ4v) is 2.01. The first-order valence-electron chi connectivity index (χ1n) is 6.10. The van der Waals surface area contributed by atoms with Gasteiger partial charge in [-0.3, -0.25) is 0 Å². The maximum Gasteiger partial charge on any atom is 0.143 e. The predicted octanol–water partition coefficient (Wildman–Crippen LogP) is 2.54. The molecule has 1 heterocycles. The van der Waals surface area contributed by atoms with Gasteiger partial charge in [0.15, 0.2) is 0 Å². The van der Waals surface area contributed by atoms with Crippen molar-refractivity contribution in [3.05, 3.63) is 23.8 Å². The molecular weight excluding hydrogens is 214 g/mol. The number of anilines is 1. The fourth-order valence-electron chi connectivity index (χ4n) is 2.01. The Balaban J connectivity index is 2.33. The van der Waals surface area contributed by atoms with Gasteiger partial charge in [-0.1, -0.05) is 26.8 Å². The number of aliphatic hydroxyl groups excluding tert-OH is 1. The molecule has 0 spiro atoms. The van der Waals surface area contributed by atoms with Crippen LogP contribution in [0.25, 0.3) is 0 Å². The summed E-state index contributed by atoms with van der Waals surface area (Å²) >= 11 is 0. The molecule has 2 rings (SSSR count). The molecule has 0 saturated carbocycles. The van der Waals surface area contributed by atoms with Gasteiger partial charge in [0.25, 0.3) is 0 Å². The van der Waals surface area contributed by atoms with E-state index in [1.807, 2.05) is 13.0 Å². The average Bonchev–Trinajstić information content (AvgIpc) is 2.26. The zero-order valence-corrected chi connectivity index (χ0v) is 10.9. The third-order valence-electron chi connectivity index (χ3n) is 3.24. The molecule has 1 aliphatic heterocycles. The summed E-state index contributed by atoms with van der Waals surface area (Å²) in [4.78, 5) is 0. The molecule has 94 valence electrons. The number of fused-ring (bicyclic) bond motifs is 1. The number of ether oxygens (including phenoxy) is 1. The van der Waals surface area contributed by atoms with E-state index in [4.69, 9.17) is 4.74 Å². The van der Waals surface area contributed by atoms with Crippen LogP contribution in [0.4, 0.5) is 5.69 Å². The van der Waals surface area contributed by atoms with Crippen molar-refractivity contribution in [3.8, 4) is 5.75 Å². The second-order valence-corrected chi connectivity index (χ2v) is 5.73. The molecule has 0 aromatic heterocycles. The summed E-state index contributed by atoms with van der Waals surface area (Å²) in [5.74, 6) is 0.829. The Morgan fingerprint density at radius 1 is 1.35 bits per heavy atom. The maximum atomic E-state index is 9.21. The lowest BCUT2D eigenvalue weighted by molar-refractivity contribution is 0.0977. The normalized spacial score (nSPS) is 23.6. The molecule has 17 heavy (non-hydrogen) atoms. The molecule has 0 aliphatic carbocycles. The van der Waals surface area contributed by atoms with Crippen molar-refractivity contribution in [1.82, 2.24) is 0 Å². The van der Waals surface area contributed by atoms with Crippen LogP contribution in [-0.4, -0.2) is 23.9 Å². The third kappa shape index (κ3) is 2.39. The SMILES string of the molecule is CC1Nc2cc(C(C)(C)C)ccc2OC1CO. The Labute approximate surface area is 103 Å². The summed E-state index contributed by atoms with van der Waals surface area (Å²) < 4.78 is 5.75. The van der Waals surface area contributed by atoms with Gasteiger partial charge in [0, 0.05) is 0 Å². The van der Waals surface area contributed by atoms with Crippen LogP contribution in [0, 0.1) is 0 Å². The minimum atomic E-state index is -0.164. The summed E-state index contributed by atoms with van der Waals surface area (Å²) in [6.45, 7) is 8.64. The van der Waals surface area contributed by atoms with E-state index in [2.05, 4.69) is 38.2 Å². The van der Waals surface area contributed by atoms with E-state index in [9.17, 15) is 5.11 Å². The van der Waals surface area contributed by atoms with Gasteiger partial charge in [0.05, 0.1) is 18.3 Å². The first-order chi connectivity index (χ1) is 7.91. The van der Waals surface area contributed by atoms with Gasteiger partial charge in [-0.25, -0.2) is 0 Å². The van der Waals surface area contributed by atoms with Crippen molar-refractivity contribution in [2.45, 2.75) is 45.3 Å². The minimum Gasteiger partial charge on any atom is -0.484 e. The van der Waals surface area contributed by atoms with Crippen LogP contribution in [0.2, 0.25) is 0 Å². The lowest BCUT2D eigenvalue weighted by Gasteiger charge is -2.33. The summed E-state index contributed by atoms with van der Waals surface area (Å²) in [7, 11) is 0. The molecule has 2 N–H and O–H groups in total. The second-order valence-electron chi connectivity index (χ2n) is 5.73. The summed E-state index contributed by atoms with van der Waals surface area (Å²) in [6, 6.07) is 6.34. The van der Waals surface area contributed by atoms with Crippen LogP contribution in [0.5, 0.6) is 5.75 Å². The number of benzene rings is 1. The summed E-state index contributed by atoms with van der Waals surface area (Å²) in [6.07, 6.45) is -0.164. The molecule has 1 aromatic carbocycles. The van der Waals surface area contributed by atoms with Gasteiger partial charge in [0.1, 0.15) is 11.9 Å². The number of nitrogens with one attached hydrogen (secondary N) is 1. The van der Waals surface area contributed by atoms with Crippen LogP contribution in [-0.2, 0) is 5.41 Å². The number of hydrogen-bond donors (Lipinski definition) is 2. The molecule has 2 unspecified atom stereocenters. The molecule has 0 radical (unpaired) electrons. The van der Waals surface area contributed by atoms with Crippen molar-refractivity contribution in [2.24, 2.45) is 0 Å². The topological polar surface area (TPSA) is 41.5 Å². The van der Waals surface area contributed by atoms with E-state index in [0.29, 0.717) is 0 Å². The Morgan fingerprint density at radius 3 is 2.65 bits per heavy atom. The van der Waals surface area contributed by atoms with Gasteiger partial charge in [-0.15, -0.1) is 0 Å². The van der Waals surface area contributed by atoms with Gasteiger partial charge >= 0.3 is 0 Å². The zero-order valence-electron chi connectivity index (χ0n) is 10.9. The summed E-state index contributed by atoms with van der Waals surface area (Å²) in [5.41, 5.74) is 2.44. The lowest BCUT2D eigenvalue weighted by atomic mass is 9.86. The molecule has 1 aliphatic rings. The van der Waals surface area contributed by atoms with Crippen molar-refractivity contribution in [3.63, 3.8) is 0 Å². The number of aliphatic hydroxyl groups is 1. The van der Waals surface area contributed by atoms with Crippen molar-refractivity contribution in [1.29, 1.82) is 0 Å². The molecule has 3 heteroatoms. The largest absolute Gasteiger partial charge is 0.484 e. The van der Waals surface area contributed by atoms with Crippen molar-refractivity contribution < 1.29 is 9.84 Å². The van der Waals surface area contributed by atoms with E-state index in [-0.39, 0.29) is 24.2 Å². The monoisotopic (exact) mass is 235 g/mol. The van der Waals surface area contributed by atoms with E-state index >= 15 is 0 Å². The third-order valence-corrected chi connectivity index (χ3v) is 3.24. The van der Waals surface area contributed by atoms with Crippen LogP contribution in [0.3, 0.4) is 0 Å². The van der Waals surface area contributed by atoms with Gasteiger partial charge in [-0.2, -0.15) is 0 Å². The number of rotatable bonds is 1. The highest BCUT2D eigenvalue weighted by molar-refractivity contribution is 5.61. The van der Waals surface area contributed by atoms with Crippen molar-refractivity contribution in [2.75, 3.05) is 11.9 Å². The average molecular weight is 235 g/mol. The number of hydrogen-bond acceptors (Lipinski definition) is 3. The molecular formula is C14H21NO2. The van der Waals surface area contributed by atoms with Gasteiger partial charge in [-0.05, 0) is 30.0 Å². The highest BCUT2D eigenvalue weighted by Gasteiger charge is 2.26. The first-order valence-corrected chi connectivity index (χ1v) is 6.10. The van der Waals surface area contributed by atoms with E-state index in [1.165, 1.54) is 5.56 Å². The van der Waals surface area contributed by atoms with Crippen LogP contribution in [0.1, 0.15) is 33.3 Å². The van der Waals surface area contributed by atoms with Crippen LogP contribution >= 0.6 is 0 Å². The second kappa shape index (κ2) is 4.22. The van der Waals surface area contributed by atoms with Crippen LogP contribution in [0.15, 0.2) is 18.2 Å². The molecule has 1 aromatic rings. The Bertz CT molecular complexity index is 409. The molecule has 0 fully saturated rings. The molecule has 0 saturated heterocycles. The summed E-state index contributed by atoms with van der Waals surface area (Å²) in [5, 5.41) is 12.6. The first kappa shape index (κ1) is 12.2. The highest BCUT2D eigenvalue weighted by Crippen LogP contribution is 2.35. The Morgan fingerprint density at radius 2 is 2.06 bits per heavy atom. The predicted molar refractivity (Wildman–Crippen MR) is 69.7 cm³/mol. The molecule has 3 nitrogen and oxygen atoms in total. The zero-order chi connectivity index (χ0) is 12.6. The molecule has 0 amide bonds. The molecule has 2 atom stereocenters. The Hall–Kier alpha value is -1.22. The minimum absolute atomic E-state index is 0.0363. The van der Waals surface area contributed by atoms with Gasteiger partial charge in [0.2, 0.25) is 0 Å². The van der Waals surface area contributed by atoms with Gasteiger partial charge < -0.3 is 15.2 Å². The van der Waals surface area contributed by atoms with E-state index in [1.54, 1.807) is 0 Å². The quantitative estimate of drug-likeness (QED) is 0.786. The van der Waals surface area contributed by atoms with Crippen molar-refractivity contribution >= 4 is 5.69 Å². The van der Waals surface area contributed by atoms with E-state index < -0.39 is 0 Å². The molecule has 0 bridgehead atoms. The Kier molecular flexibility index (Phi) is 3.04. The fraction of sp³-hybridized carbons (Fsp3) is 0.571. The van der Waals surface area contributed by atoms with E-state index in [0.717, 1.165) is 11.4 Å². The maximum absolute atomic E-state index is 9.21. The smallest absolute Gasteiger partial charge is 0.143 e. The standard InChI is InChI=1S/C14H21NO2/c1-9-13(8-16)17-12-6-5-10(14(2,3)4)7-11(12)15-9/h5-7,9,13,15-16H,8H2,1-4H3.